The summed E-state index contributed by atoms with van der Waals surface area (Å²) in [5.74, 6) is 5.85. The summed E-state index contributed by atoms with van der Waals surface area (Å²) in [6, 6.07) is 0. The Morgan fingerprint density at radius 1 is 1.67 bits per heavy atom. The van der Waals surface area contributed by atoms with Crippen LogP contribution in [0.4, 0.5) is 0 Å². The minimum atomic E-state index is -0.109. The van der Waals surface area contributed by atoms with Crippen molar-refractivity contribution in [2.75, 3.05) is 12.3 Å². The number of hydrazine groups is 1. The van der Waals surface area contributed by atoms with Gasteiger partial charge in [-0.3, -0.25) is 10.2 Å². The predicted octanol–water partition coefficient (Wildman–Crippen LogP) is -0.163. The first-order valence-electron chi connectivity index (χ1n) is 4.01. The standard InChI is InChI=1S/C7H17N3OS/c1-6(5-7(11)10-9)12-4-2-3-8/h6H,2-5,8-9H2,1H3,(H,10,11). The van der Waals surface area contributed by atoms with Gasteiger partial charge in [-0.05, 0) is 18.7 Å². The second-order valence-electron chi connectivity index (χ2n) is 2.60. The van der Waals surface area contributed by atoms with Gasteiger partial charge in [0.1, 0.15) is 0 Å². The average molecular weight is 191 g/mol. The molecule has 0 aliphatic rings. The highest BCUT2D eigenvalue weighted by Crippen LogP contribution is 2.14. The molecule has 72 valence electrons. The minimum absolute atomic E-state index is 0.109. The van der Waals surface area contributed by atoms with Gasteiger partial charge in [0.25, 0.3) is 0 Å². The second-order valence-corrected chi connectivity index (χ2v) is 4.14. The lowest BCUT2D eigenvalue weighted by Gasteiger charge is -2.08. The third kappa shape index (κ3) is 6.45. The maximum atomic E-state index is 10.8. The number of carbonyl (C=O) groups excluding carboxylic acids is 1. The molecule has 5 N–H and O–H groups in total. The molecule has 0 aliphatic heterocycles. The van der Waals surface area contributed by atoms with Crippen molar-refractivity contribution in [3.05, 3.63) is 0 Å². The van der Waals surface area contributed by atoms with Crippen molar-refractivity contribution in [2.45, 2.75) is 25.0 Å². The molecule has 0 aromatic heterocycles. The summed E-state index contributed by atoms with van der Waals surface area (Å²) in [6.45, 7) is 2.72. The minimum Gasteiger partial charge on any atom is -0.330 e. The van der Waals surface area contributed by atoms with Gasteiger partial charge in [0.15, 0.2) is 0 Å². The van der Waals surface area contributed by atoms with E-state index in [1.807, 2.05) is 6.92 Å². The van der Waals surface area contributed by atoms with Crippen molar-refractivity contribution in [2.24, 2.45) is 11.6 Å². The number of carbonyl (C=O) groups is 1. The van der Waals surface area contributed by atoms with Gasteiger partial charge in [0.05, 0.1) is 0 Å². The molecule has 1 unspecified atom stereocenters. The van der Waals surface area contributed by atoms with Crippen molar-refractivity contribution < 1.29 is 4.79 Å². The Labute approximate surface area is 77.4 Å². The molecule has 0 bridgehead atoms. The smallest absolute Gasteiger partial charge is 0.234 e. The lowest BCUT2D eigenvalue weighted by atomic mass is 10.3. The molecule has 12 heavy (non-hydrogen) atoms. The predicted molar refractivity (Wildman–Crippen MR) is 52.5 cm³/mol. The Balaban J connectivity index is 3.32. The summed E-state index contributed by atoms with van der Waals surface area (Å²) in [6.07, 6.45) is 1.48. The zero-order valence-corrected chi connectivity index (χ0v) is 8.19. The Morgan fingerprint density at radius 3 is 2.83 bits per heavy atom. The Bertz CT molecular complexity index is 132. The average Bonchev–Trinajstić information content (AvgIpc) is 2.05. The molecule has 1 atom stereocenters. The van der Waals surface area contributed by atoms with E-state index in [1.165, 1.54) is 0 Å². The van der Waals surface area contributed by atoms with E-state index in [4.69, 9.17) is 11.6 Å². The Hall–Kier alpha value is -0.260. The molecule has 0 aliphatic carbocycles. The largest absolute Gasteiger partial charge is 0.330 e. The van der Waals surface area contributed by atoms with Gasteiger partial charge in [0, 0.05) is 11.7 Å². The SMILES string of the molecule is CC(CC(=O)NN)SCCCN. The number of hydrogen-bond donors (Lipinski definition) is 3. The van der Waals surface area contributed by atoms with Crippen molar-refractivity contribution in [3.63, 3.8) is 0 Å². The van der Waals surface area contributed by atoms with Gasteiger partial charge in [-0.25, -0.2) is 5.84 Å². The van der Waals surface area contributed by atoms with Crippen LogP contribution in [0.15, 0.2) is 0 Å². The molecule has 0 radical (unpaired) electrons. The maximum Gasteiger partial charge on any atom is 0.234 e. The van der Waals surface area contributed by atoms with Gasteiger partial charge in [0.2, 0.25) is 5.91 Å². The summed E-state index contributed by atoms with van der Waals surface area (Å²) in [5, 5.41) is 0.320. The van der Waals surface area contributed by atoms with Gasteiger partial charge < -0.3 is 5.73 Å². The van der Waals surface area contributed by atoms with E-state index < -0.39 is 0 Å². The number of nitrogens with two attached hydrogens (primary N) is 2. The number of amides is 1. The topological polar surface area (TPSA) is 81.1 Å². The molecule has 0 spiro atoms. The van der Waals surface area contributed by atoms with Crippen LogP contribution in [0.2, 0.25) is 0 Å². The van der Waals surface area contributed by atoms with Gasteiger partial charge in [-0.15, -0.1) is 0 Å². The lowest BCUT2D eigenvalue weighted by molar-refractivity contribution is -0.121. The van der Waals surface area contributed by atoms with E-state index in [1.54, 1.807) is 11.8 Å². The first-order chi connectivity index (χ1) is 5.70. The van der Waals surface area contributed by atoms with Crippen LogP contribution in [-0.4, -0.2) is 23.5 Å². The van der Waals surface area contributed by atoms with E-state index in [9.17, 15) is 4.79 Å². The number of thioether (sulfide) groups is 1. The Kier molecular flexibility index (Phi) is 7.23. The molecular weight excluding hydrogens is 174 g/mol. The molecule has 0 heterocycles. The molecule has 0 saturated carbocycles. The van der Waals surface area contributed by atoms with Crippen molar-refractivity contribution in [3.8, 4) is 0 Å². The molecule has 0 aromatic rings. The first-order valence-corrected chi connectivity index (χ1v) is 5.06. The fourth-order valence-electron chi connectivity index (χ4n) is 0.747. The number of rotatable bonds is 6. The summed E-state index contributed by atoms with van der Waals surface area (Å²) in [4.78, 5) is 10.8. The molecule has 0 rings (SSSR count). The molecule has 0 fully saturated rings. The quantitative estimate of drug-likeness (QED) is 0.236. The lowest BCUT2D eigenvalue weighted by Crippen LogP contribution is -2.31. The maximum absolute atomic E-state index is 10.8. The van der Waals surface area contributed by atoms with E-state index in [2.05, 4.69) is 5.43 Å². The van der Waals surface area contributed by atoms with E-state index in [0.717, 1.165) is 12.2 Å². The van der Waals surface area contributed by atoms with Crippen molar-refractivity contribution >= 4 is 17.7 Å². The third-order valence-electron chi connectivity index (χ3n) is 1.38. The van der Waals surface area contributed by atoms with Crippen LogP contribution < -0.4 is 17.0 Å². The highest BCUT2D eigenvalue weighted by Gasteiger charge is 2.06. The van der Waals surface area contributed by atoms with Gasteiger partial charge >= 0.3 is 0 Å². The third-order valence-corrected chi connectivity index (χ3v) is 2.64. The zero-order chi connectivity index (χ0) is 9.40. The summed E-state index contributed by atoms with van der Waals surface area (Å²) in [5.41, 5.74) is 7.44. The number of hydrogen-bond acceptors (Lipinski definition) is 4. The van der Waals surface area contributed by atoms with Crippen LogP contribution in [0.5, 0.6) is 0 Å². The van der Waals surface area contributed by atoms with Gasteiger partial charge in [-0.2, -0.15) is 11.8 Å². The summed E-state index contributed by atoms with van der Waals surface area (Å²) < 4.78 is 0. The van der Waals surface area contributed by atoms with Crippen LogP contribution in [-0.2, 0) is 4.79 Å². The molecule has 5 heteroatoms. The molecule has 1 amide bonds. The number of nitrogens with one attached hydrogen (secondary N) is 1. The van der Waals surface area contributed by atoms with E-state index in [0.29, 0.717) is 18.2 Å². The highest BCUT2D eigenvalue weighted by atomic mass is 32.2. The monoisotopic (exact) mass is 191 g/mol. The van der Waals surface area contributed by atoms with Crippen LogP contribution in [0.3, 0.4) is 0 Å². The zero-order valence-electron chi connectivity index (χ0n) is 7.38. The second kappa shape index (κ2) is 7.39. The highest BCUT2D eigenvalue weighted by molar-refractivity contribution is 7.99. The molecule has 0 saturated heterocycles. The molecule has 0 aromatic carbocycles. The summed E-state index contributed by atoms with van der Waals surface area (Å²) in [7, 11) is 0. The summed E-state index contributed by atoms with van der Waals surface area (Å²) >= 11 is 1.75. The fraction of sp³-hybridized carbons (Fsp3) is 0.857. The molecule has 4 nitrogen and oxygen atoms in total. The van der Waals surface area contributed by atoms with Crippen LogP contribution in [0, 0.1) is 0 Å². The van der Waals surface area contributed by atoms with Gasteiger partial charge in [-0.1, -0.05) is 6.92 Å². The van der Waals surface area contributed by atoms with Crippen LogP contribution in [0.25, 0.3) is 0 Å². The van der Waals surface area contributed by atoms with Crippen molar-refractivity contribution in [1.29, 1.82) is 0 Å². The Morgan fingerprint density at radius 2 is 2.33 bits per heavy atom. The van der Waals surface area contributed by atoms with E-state index >= 15 is 0 Å². The van der Waals surface area contributed by atoms with Crippen LogP contribution in [0.1, 0.15) is 19.8 Å². The van der Waals surface area contributed by atoms with Crippen molar-refractivity contribution in [1.82, 2.24) is 5.43 Å². The fourth-order valence-corrected chi connectivity index (χ4v) is 1.75. The normalized spacial score (nSPS) is 12.6. The van der Waals surface area contributed by atoms with E-state index in [-0.39, 0.29) is 5.91 Å². The molecular formula is C7H17N3OS. The van der Waals surface area contributed by atoms with Crippen LogP contribution >= 0.6 is 11.8 Å². The first kappa shape index (κ1) is 11.7.